The number of nitrogens with one attached hydrogen (secondary N) is 1. The fourth-order valence-electron chi connectivity index (χ4n) is 1.10. The molecule has 0 fully saturated rings. The predicted octanol–water partition coefficient (Wildman–Crippen LogP) is -0.184. The third-order valence-corrected chi connectivity index (χ3v) is 2.91. The van der Waals surface area contributed by atoms with Gasteiger partial charge in [-0.2, -0.15) is 5.26 Å². The van der Waals surface area contributed by atoms with Crippen LogP contribution in [0.3, 0.4) is 0 Å². The molecule has 0 atom stereocenters. The zero-order valence-electron chi connectivity index (χ0n) is 9.84. The van der Waals surface area contributed by atoms with E-state index in [4.69, 9.17) is 11.0 Å². The van der Waals surface area contributed by atoms with Crippen LogP contribution in [0.5, 0.6) is 0 Å². The van der Waals surface area contributed by atoms with Crippen LogP contribution in [0.15, 0.2) is 16.0 Å². The van der Waals surface area contributed by atoms with Crippen LogP contribution in [0, 0.1) is 11.3 Å². The number of nitriles is 1. The maximum absolute atomic E-state index is 11.6. The van der Waals surface area contributed by atoms with E-state index < -0.39 is 0 Å². The van der Waals surface area contributed by atoms with E-state index in [0.717, 1.165) is 11.8 Å². The van der Waals surface area contributed by atoms with Crippen molar-refractivity contribution in [3.63, 3.8) is 0 Å². The van der Waals surface area contributed by atoms with Gasteiger partial charge in [0.15, 0.2) is 5.16 Å². The highest BCUT2D eigenvalue weighted by atomic mass is 32.2. The monoisotopic (exact) mass is 267 g/mol. The lowest BCUT2D eigenvalue weighted by Gasteiger charge is -2.14. The lowest BCUT2D eigenvalue weighted by molar-refractivity contribution is -0.127. The molecule has 0 radical (unpaired) electrons. The number of carbonyl (C=O) groups is 1. The van der Waals surface area contributed by atoms with Crippen molar-refractivity contribution in [2.45, 2.75) is 11.6 Å². The largest absolute Gasteiger partial charge is 0.383 e. The number of rotatable bonds is 5. The van der Waals surface area contributed by atoms with Gasteiger partial charge in [0.1, 0.15) is 5.82 Å². The fraction of sp³-hybridized carbons (Fsp3) is 0.400. The van der Waals surface area contributed by atoms with Gasteiger partial charge in [0.25, 0.3) is 5.56 Å². The summed E-state index contributed by atoms with van der Waals surface area (Å²) in [5, 5.41) is 8.72. The average Bonchev–Trinajstić information content (AvgIpc) is 2.31. The van der Waals surface area contributed by atoms with E-state index in [2.05, 4.69) is 9.97 Å². The zero-order chi connectivity index (χ0) is 13.5. The number of aromatic amines is 1. The molecule has 18 heavy (non-hydrogen) atoms. The molecule has 0 aliphatic carbocycles. The molecule has 1 amide bonds. The summed E-state index contributed by atoms with van der Waals surface area (Å²) in [4.78, 5) is 30.6. The van der Waals surface area contributed by atoms with Crippen molar-refractivity contribution in [2.24, 2.45) is 0 Å². The number of hydrogen-bond donors (Lipinski definition) is 2. The van der Waals surface area contributed by atoms with E-state index >= 15 is 0 Å². The van der Waals surface area contributed by atoms with Gasteiger partial charge in [0.2, 0.25) is 5.91 Å². The summed E-state index contributed by atoms with van der Waals surface area (Å²) in [6.45, 7) is 0.386. The Balaban J connectivity index is 2.52. The van der Waals surface area contributed by atoms with Crippen molar-refractivity contribution < 1.29 is 4.79 Å². The Morgan fingerprint density at radius 2 is 2.44 bits per heavy atom. The van der Waals surface area contributed by atoms with Crippen molar-refractivity contribution in [2.75, 3.05) is 25.1 Å². The standard InChI is InChI=1S/C10H13N5O2S/c1-15(4-2-3-11)9(17)6-18-10-13-7(12)5-8(16)14-10/h5H,2,4,6H2,1H3,(H3,12,13,14,16). The number of amides is 1. The molecule has 8 heteroatoms. The molecule has 0 aromatic carbocycles. The molecule has 0 spiro atoms. The Hall–Kier alpha value is -2.01. The maximum atomic E-state index is 11.6. The van der Waals surface area contributed by atoms with Gasteiger partial charge in [-0.05, 0) is 0 Å². The van der Waals surface area contributed by atoms with Gasteiger partial charge in [-0.15, -0.1) is 0 Å². The van der Waals surface area contributed by atoms with Crippen LogP contribution in [-0.4, -0.2) is 40.1 Å². The lowest BCUT2D eigenvalue weighted by atomic mass is 10.4. The molecule has 1 rings (SSSR count). The second-order valence-electron chi connectivity index (χ2n) is 3.49. The first-order valence-electron chi connectivity index (χ1n) is 5.13. The van der Waals surface area contributed by atoms with Crippen LogP contribution in [-0.2, 0) is 4.79 Å². The third kappa shape index (κ3) is 4.47. The average molecular weight is 267 g/mol. The summed E-state index contributed by atoms with van der Waals surface area (Å²) in [5.74, 6) is 0.112. The van der Waals surface area contributed by atoms with E-state index in [0.29, 0.717) is 18.1 Å². The summed E-state index contributed by atoms with van der Waals surface area (Å²) in [5.41, 5.74) is 5.06. The minimum absolute atomic E-state index is 0.117. The second-order valence-corrected chi connectivity index (χ2v) is 4.45. The summed E-state index contributed by atoms with van der Waals surface area (Å²) in [6.07, 6.45) is 0.292. The molecular formula is C10H13N5O2S. The van der Waals surface area contributed by atoms with Gasteiger partial charge in [-0.1, -0.05) is 11.8 Å². The zero-order valence-corrected chi connectivity index (χ0v) is 10.7. The highest BCUT2D eigenvalue weighted by molar-refractivity contribution is 7.99. The van der Waals surface area contributed by atoms with Crippen molar-refractivity contribution in [3.05, 3.63) is 16.4 Å². The molecule has 7 nitrogen and oxygen atoms in total. The van der Waals surface area contributed by atoms with Crippen LogP contribution >= 0.6 is 11.8 Å². The Morgan fingerprint density at radius 1 is 1.72 bits per heavy atom. The molecule has 0 aliphatic heterocycles. The second kappa shape index (κ2) is 6.66. The molecular weight excluding hydrogens is 254 g/mol. The van der Waals surface area contributed by atoms with Crippen LogP contribution < -0.4 is 11.3 Å². The van der Waals surface area contributed by atoms with E-state index in [1.807, 2.05) is 6.07 Å². The smallest absolute Gasteiger partial charge is 0.253 e. The molecule has 1 heterocycles. The van der Waals surface area contributed by atoms with E-state index in [-0.39, 0.29) is 23.0 Å². The number of H-pyrrole nitrogens is 1. The van der Waals surface area contributed by atoms with Gasteiger partial charge in [0, 0.05) is 19.7 Å². The van der Waals surface area contributed by atoms with Gasteiger partial charge >= 0.3 is 0 Å². The van der Waals surface area contributed by atoms with Crippen LogP contribution in [0.1, 0.15) is 6.42 Å². The van der Waals surface area contributed by atoms with Gasteiger partial charge in [-0.25, -0.2) is 4.98 Å². The molecule has 0 aliphatic rings. The highest BCUT2D eigenvalue weighted by Crippen LogP contribution is 2.12. The topological polar surface area (TPSA) is 116 Å². The van der Waals surface area contributed by atoms with Gasteiger partial charge < -0.3 is 15.6 Å². The number of nitrogens with zero attached hydrogens (tertiary/aromatic N) is 3. The molecule has 96 valence electrons. The van der Waals surface area contributed by atoms with Crippen LogP contribution in [0.2, 0.25) is 0 Å². The minimum Gasteiger partial charge on any atom is -0.383 e. The normalized spacial score (nSPS) is 9.78. The molecule has 0 saturated heterocycles. The number of nitrogens with two attached hydrogens (primary N) is 1. The molecule has 0 unspecified atom stereocenters. The summed E-state index contributed by atoms with van der Waals surface area (Å²) < 4.78 is 0. The number of thioether (sulfide) groups is 1. The van der Waals surface area contributed by atoms with Crippen molar-refractivity contribution in [1.82, 2.24) is 14.9 Å². The van der Waals surface area contributed by atoms with Gasteiger partial charge in [-0.3, -0.25) is 9.59 Å². The Bertz CT molecular complexity index is 522. The molecule has 0 bridgehead atoms. The number of anilines is 1. The summed E-state index contributed by atoms with van der Waals surface area (Å²) in [6, 6.07) is 3.14. The van der Waals surface area contributed by atoms with Crippen LogP contribution in [0.4, 0.5) is 5.82 Å². The highest BCUT2D eigenvalue weighted by Gasteiger charge is 2.10. The minimum atomic E-state index is -0.352. The van der Waals surface area contributed by atoms with E-state index in [1.165, 1.54) is 11.0 Å². The summed E-state index contributed by atoms with van der Waals surface area (Å²) >= 11 is 1.10. The van der Waals surface area contributed by atoms with E-state index in [9.17, 15) is 9.59 Å². The molecule has 3 N–H and O–H groups in total. The fourth-order valence-corrected chi connectivity index (χ4v) is 1.93. The molecule has 1 aromatic rings. The van der Waals surface area contributed by atoms with Crippen molar-refractivity contribution >= 4 is 23.5 Å². The SMILES string of the molecule is CN(CCC#N)C(=O)CSc1nc(N)cc(=O)[nH]1. The lowest BCUT2D eigenvalue weighted by Crippen LogP contribution is -2.29. The number of aromatic nitrogens is 2. The Kier molecular flexibility index (Phi) is 5.20. The van der Waals surface area contributed by atoms with Crippen molar-refractivity contribution in [1.29, 1.82) is 5.26 Å². The first-order chi connectivity index (χ1) is 8.52. The number of hydrogen-bond acceptors (Lipinski definition) is 6. The quantitative estimate of drug-likeness (QED) is 0.564. The first kappa shape index (κ1) is 14.1. The molecule has 0 saturated carbocycles. The predicted molar refractivity (Wildman–Crippen MR) is 67.9 cm³/mol. The third-order valence-electron chi connectivity index (χ3n) is 2.06. The Morgan fingerprint density at radius 3 is 3.06 bits per heavy atom. The number of carbonyl (C=O) groups excluding carboxylic acids is 1. The first-order valence-corrected chi connectivity index (χ1v) is 6.12. The Labute approximate surface area is 108 Å². The maximum Gasteiger partial charge on any atom is 0.253 e. The summed E-state index contributed by atoms with van der Waals surface area (Å²) in [7, 11) is 1.62. The van der Waals surface area contributed by atoms with Crippen LogP contribution in [0.25, 0.3) is 0 Å². The number of nitrogen functional groups attached to an aromatic ring is 1. The molecule has 1 aromatic heterocycles. The van der Waals surface area contributed by atoms with E-state index in [1.54, 1.807) is 7.05 Å². The van der Waals surface area contributed by atoms with Gasteiger partial charge in [0.05, 0.1) is 18.2 Å². The van der Waals surface area contributed by atoms with Crippen molar-refractivity contribution in [3.8, 4) is 6.07 Å².